The van der Waals surface area contributed by atoms with E-state index in [1.165, 1.54) is 43.3 Å². The van der Waals surface area contributed by atoms with Crippen LogP contribution in [-0.4, -0.2) is 29.9 Å². The molecule has 2 aromatic carbocycles. The highest BCUT2D eigenvalue weighted by Crippen LogP contribution is 2.33. The van der Waals surface area contributed by atoms with Crippen molar-refractivity contribution in [2.24, 2.45) is 0 Å². The van der Waals surface area contributed by atoms with Gasteiger partial charge in [0.2, 0.25) is 0 Å². The zero-order chi connectivity index (χ0) is 20.3. The second-order valence-corrected chi connectivity index (χ2v) is 5.74. The van der Waals surface area contributed by atoms with E-state index in [1.807, 2.05) is 0 Å². The Morgan fingerprint density at radius 1 is 1.07 bits per heavy atom. The van der Waals surface area contributed by atoms with E-state index in [4.69, 9.17) is 9.47 Å². The van der Waals surface area contributed by atoms with Gasteiger partial charge in [0.1, 0.15) is 11.5 Å². The lowest BCUT2D eigenvalue weighted by Gasteiger charge is -2.15. The van der Waals surface area contributed by atoms with E-state index in [-0.39, 0.29) is 11.3 Å². The van der Waals surface area contributed by atoms with Gasteiger partial charge in [-0.3, -0.25) is 4.79 Å². The molecule has 0 bridgehead atoms. The molecule has 6 nitrogen and oxygen atoms in total. The molecule has 0 aliphatic rings. The standard InChI is InChI=1S/C19H16F3N3O3/c1-27-14-8-12(9-15(11-14)28-2)18(26)24-16-10-13(19(20,21)22)4-5-17(16)25-7-3-6-23-25/h3-11H,1-2H3,(H,24,26). The average molecular weight is 391 g/mol. The van der Waals surface area contributed by atoms with Gasteiger partial charge in [-0.2, -0.15) is 18.3 Å². The molecule has 0 radical (unpaired) electrons. The third-order valence-electron chi connectivity index (χ3n) is 3.94. The lowest BCUT2D eigenvalue weighted by atomic mass is 10.1. The molecule has 1 N–H and O–H groups in total. The monoisotopic (exact) mass is 391 g/mol. The molecule has 1 aromatic heterocycles. The van der Waals surface area contributed by atoms with Crippen LogP contribution in [0.5, 0.6) is 11.5 Å². The number of hydrogen-bond donors (Lipinski definition) is 1. The fourth-order valence-electron chi connectivity index (χ4n) is 2.56. The van der Waals surface area contributed by atoms with Crippen molar-refractivity contribution in [1.29, 1.82) is 0 Å². The topological polar surface area (TPSA) is 65.4 Å². The summed E-state index contributed by atoms with van der Waals surface area (Å²) < 4.78 is 51.0. The molecule has 1 amide bonds. The maximum atomic E-state index is 13.1. The van der Waals surface area contributed by atoms with E-state index in [0.29, 0.717) is 17.2 Å². The van der Waals surface area contributed by atoms with Crippen LogP contribution >= 0.6 is 0 Å². The Labute approximate surface area is 158 Å². The van der Waals surface area contributed by atoms with E-state index in [0.717, 1.165) is 12.1 Å². The fraction of sp³-hybridized carbons (Fsp3) is 0.158. The van der Waals surface area contributed by atoms with Gasteiger partial charge in [-0.15, -0.1) is 0 Å². The van der Waals surface area contributed by atoms with Crippen LogP contribution in [0, 0.1) is 0 Å². The summed E-state index contributed by atoms with van der Waals surface area (Å²) in [6, 6.07) is 9.16. The number of anilines is 1. The van der Waals surface area contributed by atoms with Gasteiger partial charge in [-0.05, 0) is 36.4 Å². The number of carbonyl (C=O) groups excluding carboxylic acids is 1. The van der Waals surface area contributed by atoms with Crippen molar-refractivity contribution in [2.75, 3.05) is 19.5 Å². The molecule has 28 heavy (non-hydrogen) atoms. The van der Waals surface area contributed by atoms with Gasteiger partial charge in [-0.1, -0.05) is 0 Å². The number of ether oxygens (including phenoxy) is 2. The number of rotatable bonds is 5. The molecule has 3 aromatic rings. The summed E-state index contributed by atoms with van der Waals surface area (Å²) in [4.78, 5) is 12.7. The fourth-order valence-corrected chi connectivity index (χ4v) is 2.56. The number of alkyl halides is 3. The van der Waals surface area contributed by atoms with E-state index in [9.17, 15) is 18.0 Å². The summed E-state index contributed by atoms with van der Waals surface area (Å²) >= 11 is 0. The van der Waals surface area contributed by atoms with Crippen LogP contribution in [0.4, 0.5) is 18.9 Å². The van der Waals surface area contributed by atoms with Crippen LogP contribution in [0.1, 0.15) is 15.9 Å². The first-order valence-electron chi connectivity index (χ1n) is 8.07. The maximum absolute atomic E-state index is 13.1. The van der Waals surface area contributed by atoms with Gasteiger partial charge in [0.05, 0.1) is 31.2 Å². The third kappa shape index (κ3) is 4.08. The zero-order valence-electron chi connectivity index (χ0n) is 14.9. The molecule has 0 atom stereocenters. The van der Waals surface area contributed by atoms with Crippen molar-refractivity contribution in [1.82, 2.24) is 9.78 Å². The summed E-state index contributed by atoms with van der Waals surface area (Å²) in [5.41, 5.74) is -0.464. The predicted molar refractivity (Wildman–Crippen MR) is 96.1 cm³/mol. The molecule has 0 spiro atoms. The highest BCUT2D eigenvalue weighted by atomic mass is 19.4. The zero-order valence-corrected chi connectivity index (χ0v) is 14.9. The molecule has 0 aliphatic carbocycles. The highest BCUT2D eigenvalue weighted by molar-refractivity contribution is 6.05. The van der Waals surface area contributed by atoms with Gasteiger partial charge in [0.15, 0.2) is 0 Å². The van der Waals surface area contributed by atoms with Crippen LogP contribution in [0.15, 0.2) is 54.9 Å². The third-order valence-corrected chi connectivity index (χ3v) is 3.94. The summed E-state index contributed by atoms with van der Waals surface area (Å²) in [6.45, 7) is 0. The lowest BCUT2D eigenvalue weighted by Crippen LogP contribution is -2.16. The van der Waals surface area contributed by atoms with Crippen LogP contribution < -0.4 is 14.8 Å². The number of carbonyl (C=O) groups is 1. The minimum atomic E-state index is -4.55. The molecule has 0 unspecified atom stereocenters. The second-order valence-electron chi connectivity index (χ2n) is 5.74. The maximum Gasteiger partial charge on any atom is 0.416 e. The molecule has 3 rings (SSSR count). The minimum Gasteiger partial charge on any atom is -0.497 e. The SMILES string of the molecule is COc1cc(OC)cc(C(=O)Nc2cc(C(F)(F)F)ccc2-n2cccn2)c1. The molecule has 1 heterocycles. The number of nitrogens with zero attached hydrogens (tertiary/aromatic N) is 2. The Kier molecular flexibility index (Phi) is 5.25. The van der Waals surface area contributed by atoms with Gasteiger partial charge >= 0.3 is 6.18 Å². The number of methoxy groups -OCH3 is 2. The molecule has 146 valence electrons. The number of halogens is 3. The number of hydrogen-bond acceptors (Lipinski definition) is 4. The molecular weight excluding hydrogens is 375 g/mol. The van der Waals surface area contributed by atoms with Crippen molar-refractivity contribution < 1.29 is 27.4 Å². The second kappa shape index (κ2) is 7.63. The summed E-state index contributed by atoms with van der Waals surface area (Å²) in [7, 11) is 2.86. The Bertz CT molecular complexity index is 964. The summed E-state index contributed by atoms with van der Waals surface area (Å²) in [5, 5.41) is 6.54. The van der Waals surface area contributed by atoms with Crippen molar-refractivity contribution in [3.63, 3.8) is 0 Å². The number of amides is 1. The van der Waals surface area contributed by atoms with E-state index >= 15 is 0 Å². The first kappa shape index (κ1) is 19.3. The Hall–Kier alpha value is -3.49. The summed E-state index contributed by atoms with van der Waals surface area (Å²) in [6.07, 6.45) is -1.51. The van der Waals surface area contributed by atoms with Gasteiger partial charge in [0, 0.05) is 24.0 Å². The van der Waals surface area contributed by atoms with Crippen LogP contribution in [0.2, 0.25) is 0 Å². The number of benzene rings is 2. The van der Waals surface area contributed by atoms with E-state index in [2.05, 4.69) is 10.4 Å². The van der Waals surface area contributed by atoms with E-state index in [1.54, 1.807) is 18.3 Å². The number of nitrogens with one attached hydrogen (secondary N) is 1. The quantitative estimate of drug-likeness (QED) is 0.709. The Morgan fingerprint density at radius 3 is 2.29 bits per heavy atom. The normalized spacial score (nSPS) is 11.2. The van der Waals surface area contributed by atoms with Crippen molar-refractivity contribution in [3.05, 3.63) is 66.0 Å². The van der Waals surface area contributed by atoms with Gasteiger partial charge < -0.3 is 14.8 Å². The first-order valence-corrected chi connectivity index (χ1v) is 8.07. The molecule has 0 saturated carbocycles. The van der Waals surface area contributed by atoms with Crippen LogP contribution in [0.3, 0.4) is 0 Å². The largest absolute Gasteiger partial charge is 0.497 e. The minimum absolute atomic E-state index is 0.0367. The lowest BCUT2D eigenvalue weighted by molar-refractivity contribution is -0.137. The van der Waals surface area contributed by atoms with Gasteiger partial charge in [0.25, 0.3) is 5.91 Å². The van der Waals surface area contributed by atoms with E-state index < -0.39 is 17.6 Å². The van der Waals surface area contributed by atoms with Crippen molar-refractivity contribution in [2.45, 2.75) is 6.18 Å². The predicted octanol–water partition coefficient (Wildman–Crippen LogP) is 4.16. The highest BCUT2D eigenvalue weighted by Gasteiger charge is 2.31. The van der Waals surface area contributed by atoms with Crippen LogP contribution in [0.25, 0.3) is 5.69 Å². The first-order chi connectivity index (χ1) is 13.3. The number of aromatic nitrogens is 2. The molecular formula is C19H16F3N3O3. The van der Waals surface area contributed by atoms with Gasteiger partial charge in [-0.25, -0.2) is 4.68 Å². The molecule has 0 aliphatic heterocycles. The smallest absolute Gasteiger partial charge is 0.416 e. The Morgan fingerprint density at radius 2 is 1.75 bits per heavy atom. The van der Waals surface area contributed by atoms with Crippen LogP contribution in [-0.2, 0) is 6.18 Å². The Balaban J connectivity index is 2.01. The molecule has 0 fully saturated rings. The average Bonchev–Trinajstić information content (AvgIpc) is 3.21. The molecule has 0 saturated heterocycles. The summed E-state index contributed by atoms with van der Waals surface area (Å²) in [5.74, 6) is 0.131. The molecule has 9 heteroatoms. The van der Waals surface area contributed by atoms with Crippen molar-refractivity contribution >= 4 is 11.6 Å². The van der Waals surface area contributed by atoms with Crippen molar-refractivity contribution in [3.8, 4) is 17.2 Å².